The van der Waals surface area contributed by atoms with Crippen molar-refractivity contribution in [1.82, 2.24) is 15.2 Å². The molecule has 3 saturated heterocycles. The molecule has 4 unspecified atom stereocenters. The summed E-state index contributed by atoms with van der Waals surface area (Å²) >= 11 is 0. The Morgan fingerprint density at radius 1 is 1.21 bits per heavy atom. The van der Waals surface area contributed by atoms with Crippen molar-refractivity contribution >= 4 is 46.7 Å². The minimum Gasteiger partial charge on any atom is -0.374 e. The molecule has 0 radical (unpaired) electrons. The van der Waals surface area contributed by atoms with E-state index in [-0.39, 0.29) is 24.0 Å². The standard InChI is InChI=1S/C22H29N5O.HI/c1-23-22(27-12-16-17(13-27)20-9-8-19(16)28-20)24-11-14-10-21(26(2)3)25-18-7-5-4-6-15(14)18;/h4-7,10,16-17,19-20H,8-9,11-13H2,1-3H3,(H,23,24);1H. The minimum atomic E-state index is 0. The molecule has 2 bridgehead atoms. The number of rotatable bonds is 3. The molecule has 7 heteroatoms. The zero-order chi connectivity index (χ0) is 19.3. The van der Waals surface area contributed by atoms with Gasteiger partial charge >= 0.3 is 0 Å². The number of nitrogens with one attached hydrogen (secondary N) is 1. The van der Waals surface area contributed by atoms with Gasteiger partial charge in [-0.3, -0.25) is 4.99 Å². The van der Waals surface area contributed by atoms with Gasteiger partial charge in [0.05, 0.1) is 17.7 Å². The maximum absolute atomic E-state index is 6.12. The van der Waals surface area contributed by atoms with E-state index in [0.29, 0.717) is 24.0 Å². The average molecular weight is 507 g/mol. The fourth-order valence-corrected chi connectivity index (χ4v) is 5.25. The van der Waals surface area contributed by atoms with Gasteiger partial charge in [-0.25, -0.2) is 4.98 Å². The van der Waals surface area contributed by atoms with Crippen molar-refractivity contribution in [1.29, 1.82) is 0 Å². The van der Waals surface area contributed by atoms with E-state index in [1.807, 2.05) is 27.2 Å². The first-order valence-electron chi connectivity index (χ1n) is 10.3. The second kappa shape index (κ2) is 8.26. The highest BCUT2D eigenvalue weighted by Gasteiger charge is 2.53. The molecule has 1 aromatic heterocycles. The second-order valence-corrected chi connectivity index (χ2v) is 8.47. The van der Waals surface area contributed by atoms with E-state index in [0.717, 1.165) is 36.9 Å². The van der Waals surface area contributed by atoms with Gasteiger partial charge in [-0.1, -0.05) is 18.2 Å². The highest BCUT2D eigenvalue weighted by molar-refractivity contribution is 14.0. The number of hydrogen-bond donors (Lipinski definition) is 1. The molecule has 0 aliphatic carbocycles. The van der Waals surface area contributed by atoms with Gasteiger partial charge in [0.1, 0.15) is 5.82 Å². The van der Waals surface area contributed by atoms with Gasteiger partial charge in [0.15, 0.2) is 5.96 Å². The molecule has 5 rings (SSSR count). The molecule has 4 atom stereocenters. The lowest BCUT2D eigenvalue weighted by Crippen LogP contribution is -2.41. The zero-order valence-corrected chi connectivity index (χ0v) is 19.7. The quantitative estimate of drug-likeness (QED) is 0.393. The van der Waals surface area contributed by atoms with E-state index >= 15 is 0 Å². The lowest BCUT2D eigenvalue weighted by Gasteiger charge is -2.24. The predicted octanol–water partition coefficient (Wildman–Crippen LogP) is 3.10. The molecule has 3 aliphatic rings. The molecule has 4 heterocycles. The molecule has 156 valence electrons. The number of fused-ring (bicyclic) bond motifs is 6. The second-order valence-electron chi connectivity index (χ2n) is 8.47. The summed E-state index contributed by atoms with van der Waals surface area (Å²) in [5.41, 5.74) is 2.28. The van der Waals surface area contributed by atoms with Crippen molar-refractivity contribution in [2.75, 3.05) is 39.1 Å². The maximum atomic E-state index is 6.12. The van der Waals surface area contributed by atoms with Crippen LogP contribution in [0.5, 0.6) is 0 Å². The number of likely N-dealkylation sites (tertiary alicyclic amines) is 1. The van der Waals surface area contributed by atoms with Crippen molar-refractivity contribution in [2.45, 2.75) is 31.6 Å². The number of aliphatic imine (C=N–C) groups is 1. The van der Waals surface area contributed by atoms with Crippen molar-refractivity contribution in [3.05, 3.63) is 35.9 Å². The third-order valence-electron chi connectivity index (χ3n) is 6.65. The first-order valence-corrected chi connectivity index (χ1v) is 10.3. The van der Waals surface area contributed by atoms with Crippen molar-refractivity contribution in [3.63, 3.8) is 0 Å². The zero-order valence-electron chi connectivity index (χ0n) is 17.3. The van der Waals surface area contributed by atoms with Crippen molar-refractivity contribution < 1.29 is 4.74 Å². The highest BCUT2D eigenvalue weighted by atomic mass is 127. The largest absolute Gasteiger partial charge is 0.374 e. The van der Waals surface area contributed by atoms with Crippen LogP contribution in [0.1, 0.15) is 18.4 Å². The number of pyridine rings is 1. The molecule has 2 aromatic rings. The molecular formula is C22H30IN5O. The first-order chi connectivity index (χ1) is 13.6. The molecule has 0 amide bonds. The van der Waals surface area contributed by atoms with Gasteiger partial charge in [-0.15, -0.1) is 24.0 Å². The van der Waals surface area contributed by atoms with Crippen LogP contribution in [0.2, 0.25) is 0 Å². The summed E-state index contributed by atoms with van der Waals surface area (Å²) in [5, 5.41) is 4.81. The summed E-state index contributed by atoms with van der Waals surface area (Å²) in [4.78, 5) is 13.8. The van der Waals surface area contributed by atoms with E-state index in [2.05, 4.69) is 44.4 Å². The van der Waals surface area contributed by atoms with Gasteiger partial charge in [-0.2, -0.15) is 0 Å². The number of nitrogens with zero attached hydrogens (tertiary/aromatic N) is 4. The topological polar surface area (TPSA) is 53.0 Å². The van der Waals surface area contributed by atoms with Crippen molar-refractivity contribution in [3.8, 4) is 0 Å². The first kappa shape index (κ1) is 20.7. The summed E-state index contributed by atoms with van der Waals surface area (Å²) in [6, 6.07) is 10.5. The number of anilines is 1. The highest BCUT2D eigenvalue weighted by Crippen LogP contribution is 2.47. The SMILES string of the molecule is CN=C(NCc1cc(N(C)C)nc2ccccc12)N1CC2C3CCC(O3)C2C1.I. The molecule has 29 heavy (non-hydrogen) atoms. The number of benzene rings is 1. The Morgan fingerprint density at radius 3 is 2.55 bits per heavy atom. The Kier molecular flexibility index (Phi) is 5.88. The molecule has 0 spiro atoms. The average Bonchev–Trinajstić information content (AvgIpc) is 3.41. The molecule has 1 aromatic carbocycles. The molecular weight excluding hydrogens is 477 g/mol. The number of aromatic nitrogens is 1. The van der Waals surface area contributed by atoms with E-state index in [1.165, 1.54) is 23.8 Å². The summed E-state index contributed by atoms with van der Waals surface area (Å²) in [7, 11) is 5.96. The number of para-hydroxylation sites is 1. The Bertz CT molecular complexity index is 899. The predicted molar refractivity (Wildman–Crippen MR) is 128 cm³/mol. The van der Waals surface area contributed by atoms with Crippen LogP contribution in [0.3, 0.4) is 0 Å². The maximum Gasteiger partial charge on any atom is 0.193 e. The Morgan fingerprint density at radius 2 is 1.90 bits per heavy atom. The number of ether oxygens (including phenoxy) is 1. The Balaban J connectivity index is 0.00000205. The van der Waals surface area contributed by atoms with Gasteiger partial charge in [0.25, 0.3) is 0 Å². The van der Waals surface area contributed by atoms with Gasteiger partial charge < -0.3 is 19.9 Å². The Hall–Kier alpha value is -1.61. The Labute approximate surface area is 189 Å². The summed E-state index contributed by atoms with van der Waals surface area (Å²) < 4.78 is 6.12. The van der Waals surface area contributed by atoms with Gasteiger partial charge in [0, 0.05) is 58.0 Å². The summed E-state index contributed by atoms with van der Waals surface area (Å²) in [5.74, 6) is 3.34. The van der Waals surface area contributed by atoms with Crippen LogP contribution < -0.4 is 10.2 Å². The smallest absolute Gasteiger partial charge is 0.193 e. The summed E-state index contributed by atoms with van der Waals surface area (Å²) in [6.07, 6.45) is 3.43. The minimum absolute atomic E-state index is 0. The van der Waals surface area contributed by atoms with Crippen LogP contribution in [0.4, 0.5) is 5.82 Å². The van der Waals surface area contributed by atoms with Crippen LogP contribution in [-0.4, -0.2) is 62.3 Å². The molecule has 3 fully saturated rings. The normalized spacial score (nSPS) is 27.8. The molecule has 0 saturated carbocycles. The van der Waals surface area contributed by atoms with Crippen LogP contribution in [-0.2, 0) is 11.3 Å². The fraction of sp³-hybridized carbons (Fsp3) is 0.545. The number of halogens is 1. The molecule has 1 N–H and O–H groups in total. The van der Waals surface area contributed by atoms with E-state index in [1.54, 1.807) is 0 Å². The van der Waals surface area contributed by atoms with Crippen molar-refractivity contribution in [2.24, 2.45) is 16.8 Å². The van der Waals surface area contributed by atoms with Crippen LogP contribution in [0.15, 0.2) is 35.3 Å². The monoisotopic (exact) mass is 507 g/mol. The number of hydrogen-bond acceptors (Lipinski definition) is 4. The van der Waals surface area contributed by atoms with E-state index in [9.17, 15) is 0 Å². The molecule has 3 aliphatic heterocycles. The lowest BCUT2D eigenvalue weighted by molar-refractivity contribution is 0.0767. The van der Waals surface area contributed by atoms with Crippen LogP contribution in [0.25, 0.3) is 10.9 Å². The summed E-state index contributed by atoms with van der Waals surface area (Å²) in [6.45, 7) is 2.86. The van der Waals surface area contributed by atoms with Gasteiger partial charge in [-0.05, 0) is 30.5 Å². The third-order valence-corrected chi connectivity index (χ3v) is 6.65. The fourth-order valence-electron chi connectivity index (χ4n) is 5.25. The van der Waals surface area contributed by atoms with Crippen LogP contribution >= 0.6 is 24.0 Å². The third kappa shape index (κ3) is 3.67. The number of guanidine groups is 1. The van der Waals surface area contributed by atoms with Crippen LogP contribution in [0, 0.1) is 11.8 Å². The lowest BCUT2D eigenvalue weighted by atomic mass is 9.82. The van der Waals surface area contributed by atoms with E-state index < -0.39 is 0 Å². The molecule has 6 nitrogen and oxygen atoms in total. The van der Waals surface area contributed by atoms with E-state index in [4.69, 9.17) is 9.72 Å². The van der Waals surface area contributed by atoms with Gasteiger partial charge in [0.2, 0.25) is 0 Å².